The largest absolute Gasteiger partial charge is 0.310 e. The first-order chi connectivity index (χ1) is 36.2. The molecule has 0 atom stereocenters. The van der Waals surface area contributed by atoms with E-state index < -0.39 is 5.41 Å². The van der Waals surface area contributed by atoms with Crippen molar-refractivity contribution in [2.45, 2.75) is 5.41 Å². The summed E-state index contributed by atoms with van der Waals surface area (Å²) in [5.41, 5.74) is 21.3. The highest BCUT2D eigenvalue weighted by Gasteiger charge is 2.46. The van der Waals surface area contributed by atoms with Crippen LogP contribution >= 0.6 is 0 Å². The first-order valence-corrected chi connectivity index (χ1v) is 25.2. The summed E-state index contributed by atoms with van der Waals surface area (Å²) in [5.74, 6) is 0. The molecule has 14 rings (SSSR count). The fourth-order valence-corrected chi connectivity index (χ4v) is 12.0. The van der Waals surface area contributed by atoms with Gasteiger partial charge in [-0.05, 0) is 127 Å². The van der Waals surface area contributed by atoms with E-state index >= 15 is 0 Å². The Morgan fingerprint density at radius 3 is 1.40 bits per heavy atom. The van der Waals surface area contributed by atoms with E-state index in [0.29, 0.717) is 0 Å². The molecule has 13 aromatic rings. The molecule has 0 amide bonds. The van der Waals surface area contributed by atoms with Gasteiger partial charge in [0.15, 0.2) is 0 Å². The van der Waals surface area contributed by atoms with Gasteiger partial charge in [-0.15, -0.1) is 0 Å². The van der Waals surface area contributed by atoms with E-state index in [1.54, 1.807) is 0 Å². The summed E-state index contributed by atoms with van der Waals surface area (Å²) in [7, 11) is 0. The maximum absolute atomic E-state index is 2.41. The fourth-order valence-electron chi connectivity index (χ4n) is 12.0. The predicted octanol–water partition coefficient (Wildman–Crippen LogP) is 18.8. The fraction of sp³-hybridized carbons (Fsp3) is 0.0141. The topological polar surface area (TPSA) is 8.17 Å². The van der Waals surface area contributed by atoms with Crippen LogP contribution in [0, 0.1) is 0 Å². The molecule has 0 spiro atoms. The molecule has 12 aromatic carbocycles. The smallest absolute Gasteiger partial charge is 0.0713 e. The number of benzene rings is 12. The minimum absolute atomic E-state index is 0.453. The summed E-state index contributed by atoms with van der Waals surface area (Å²) in [6, 6.07) is 107. The van der Waals surface area contributed by atoms with E-state index in [9.17, 15) is 0 Å². The average molecular weight is 929 g/mol. The van der Waals surface area contributed by atoms with Crippen LogP contribution in [-0.2, 0) is 5.41 Å². The minimum atomic E-state index is -0.453. The lowest BCUT2D eigenvalue weighted by atomic mass is 9.67. The quantitative estimate of drug-likeness (QED) is 0.140. The van der Waals surface area contributed by atoms with Crippen LogP contribution in [0.1, 0.15) is 22.3 Å². The molecule has 73 heavy (non-hydrogen) atoms. The number of fused-ring (bicyclic) bond motifs is 7. The van der Waals surface area contributed by atoms with Crippen LogP contribution in [-0.4, -0.2) is 4.57 Å². The summed E-state index contributed by atoms with van der Waals surface area (Å²) in [6.45, 7) is 0. The maximum atomic E-state index is 2.41. The molecule has 1 aliphatic carbocycles. The van der Waals surface area contributed by atoms with E-state index in [1.165, 1.54) is 105 Å². The molecule has 2 nitrogen and oxygen atoms in total. The third-order valence-corrected chi connectivity index (χ3v) is 15.3. The van der Waals surface area contributed by atoms with Gasteiger partial charge in [0.05, 0.1) is 22.1 Å². The third-order valence-electron chi connectivity index (χ3n) is 15.3. The highest BCUT2D eigenvalue weighted by Crippen LogP contribution is 2.58. The van der Waals surface area contributed by atoms with Crippen molar-refractivity contribution in [2.75, 3.05) is 4.90 Å². The maximum Gasteiger partial charge on any atom is 0.0713 e. The Balaban J connectivity index is 0.828. The Labute approximate surface area is 426 Å². The summed E-state index contributed by atoms with van der Waals surface area (Å²) < 4.78 is 2.41. The molecule has 342 valence electrons. The second-order valence-corrected chi connectivity index (χ2v) is 19.2. The average Bonchev–Trinajstić information content (AvgIpc) is 3.98. The van der Waals surface area contributed by atoms with Crippen molar-refractivity contribution in [3.05, 3.63) is 313 Å². The number of rotatable bonds is 9. The zero-order valence-electron chi connectivity index (χ0n) is 40.1. The number of hydrogen-bond donors (Lipinski definition) is 0. The standard InChI is InChI=1S/C71H48N2/c1-3-20-55(21-4-1)71(56-22-5-2-6-23-56)65-29-13-9-27-64(65)70-61(28-17-30-66(70)71)53-41-45-58(46-42-53)72(59-47-40-49-18-7-8-19-54(49)48-59)57-43-38-51(39-44-57)50-34-36-52(37-35-50)60-24-10-14-31-67(60)73-68-32-15-11-25-62(68)63-26-12-16-33-69(63)73/h1-48H. The van der Waals surface area contributed by atoms with Gasteiger partial charge in [0.25, 0.3) is 0 Å². The first kappa shape index (κ1) is 42.4. The van der Waals surface area contributed by atoms with Crippen LogP contribution in [0.3, 0.4) is 0 Å². The van der Waals surface area contributed by atoms with Crippen LogP contribution in [0.5, 0.6) is 0 Å². The molecule has 0 N–H and O–H groups in total. The van der Waals surface area contributed by atoms with Gasteiger partial charge in [0.1, 0.15) is 0 Å². The highest BCUT2D eigenvalue weighted by atomic mass is 15.1. The van der Waals surface area contributed by atoms with Gasteiger partial charge in [0.2, 0.25) is 0 Å². The van der Waals surface area contributed by atoms with Gasteiger partial charge < -0.3 is 9.47 Å². The molecular formula is C71H48N2. The van der Waals surface area contributed by atoms with Crippen molar-refractivity contribution in [3.63, 3.8) is 0 Å². The monoisotopic (exact) mass is 928 g/mol. The molecule has 2 heteroatoms. The summed E-state index contributed by atoms with van der Waals surface area (Å²) in [6.07, 6.45) is 0. The van der Waals surface area contributed by atoms with Gasteiger partial charge in [-0.3, -0.25) is 0 Å². The van der Waals surface area contributed by atoms with Crippen LogP contribution in [0.25, 0.3) is 82.8 Å². The normalized spacial score (nSPS) is 12.5. The lowest BCUT2D eigenvalue weighted by molar-refractivity contribution is 0.768. The van der Waals surface area contributed by atoms with Crippen molar-refractivity contribution in [1.82, 2.24) is 4.57 Å². The van der Waals surface area contributed by atoms with E-state index in [1.807, 2.05) is 0 Å². The van der Waals surface area contributed by atoms with Crippen molar-refractivity contribution < 1.29 is 0 Å². The zero-order chi connectivity index (χ0) is 48.3. The molecule has 1 aliphatic rings. The lowest BCUT2D eigenvalue weighted by Crippen LogP contribution is -2.28. The lowest BCUT2D eigenvalue weighted by Gasteiger charge is -2.34. The van der Waals surface area contributed by atoms with E-state index in [-0.39, 0.29) is 0 Å². The van der Waals surface area contributed by atoms with Crippen LogP contribution in [0.2, 0.25) is 0 Å². The Bertz CT molecular complexity index is 4080. The molecule has 0 bridgehead atoms. The van der Waals surface area contributed by atoms with Crippen molar-refractivity contribution in [2.24, 2.45) is 0 Å². The molecule has 0 saturated carbocycles. The molecule has 0 radical (unpaired) electrons. The number of para-hydroxylation sites is 3. The van der Waals surface area contributed by atoms with Crippen LogP contribution < -0.4 is 4.90 Å². The molecule has 0 fully saturated rings. The summed E-state index contributed by atoms with van der Waals surface area (Å²) in [5, 5.41) is 4.95. The van der Waals surface area contributed by atoms with Gasteiger partial charge >= 0.3 is 0 Å². The van der Waals surface area contributed by atoms with Crippen molar-refractivity contribution in [3.8, 4) is 50.2 Å². The SMILES string of the molecule is c1ccc(C2(c3ccccc3)c3ccccc3-c3c(-c4ccc(N(c5ccc(-c6ccc(-c7ccccc7-n7c8ccccc8c8ccccc87)cc6)cc5)c5ccc6ccccc6c5)cc4)cccc32)cc1. The van der Waals surface area contributed by atoms with Crippen LogP contribution in [0.15, 0.2) is 291 Å². The van der Waals surface area contributed by atoms with Crippen molar-refractivity contribution >= 4 is 49.6 Å². The highest BCUT2D eigenvalue weighted by molar-refractivity contribution is 6.10. The third kappa shape index (κ3) is 6.87. The predicted molar refractivity (Wildman–Crippen MR) is 307 cm³/mol. The number of anilines is 3. The van der Waals surface area contributed by atoms with Gasteiger partial charge in [-0.1, -0.05) is 237 Å². The molecule has 0 aliphatic heterocycles. The Morgan fingerprint density at radius 1 is 0.288 bits per heavy atom. The molecular weight excluding hydrogens is 881 g/mol. The number of nitrogens with zero attached hydrogens (tertiary/aromatic N) is 2. The molecule has 1 aromatic heterocycles. The Kier molecular flexibility index (Phi) is 10.1. The van der Waals surface area contributed by atoms with Gasteiger partial charge in [0, 0.05) is 33.4 Å². The summed E-state index contributed by atoms with van der Waals surface area (Å²) >= 11 is 0. The number of aromatic nitrogens is 1. The Hall–Kier alpha value is -9.50. The zero-order valence-corrected chi connectivity index (χ0v) is 40.1. The second-order valence-electron chi connectivity index (χ2n) is 19.2. The number of hydrogen-bond acceptors (Lipinski definition) is 1. The molecule has 0 saturated heterocycles. The first-order valence-electron chi connectivity index (χ1n) is 25.2. The van der Waals surface area contributed by atoms with Gasteiger partial charge in [-0.25, -0.2) is 0 Å². The molecule has 1 heterocycles. The van der Waals surface area contributed by atoms with E-state index in [2.05, 4.69) is 301 Å². The summed E-state index contributed by atoms with van der Waals surface area (Å²) in [4.78, 5) is 2.38. The van der Waals surface area contributed by atoms with E-state index in [0.717, 1.165) is 17.1 Å². The van der Waals surface area contributed by atoms with Crippen molar-refractivity contribution in [1.29, 1.82) is 0 Å². The molecule has 0 unspecified atom stereocenters. The second kappa shape index (κ2) is 17.4. The van der Waals surface area contributed by atoms with E-state index in [4.69, 9.17) is 0 Å². The Morgan fingerprint density at radius 2 is 0.740 bits per heavy atom. The van der Waals surface area contributed by atoms with Gasteiger partial charge in [-0.2, -0.15) is 0 Å². The minimum Gasteiger partial charge on any atom is -0.310 e. The van der Waals surface area contributed by atoms with Crippen LogP contribution in [0.4, 0.5) is 17.1 Å².